The number of nitrogens with one attached hydrogen (secondary N) is 2. The fourth-order valence-electron chi connectivity index (χ4n) is 1.37. The molecule has 0 unspecified atom stereocenters. The van der Waals surface area contributed by atoms with Gasteiger partial charge in [0.1, 0.15) is 18.2 Å². The van der Waals surface area contributed by atoms with Gasteiger partial charge in [0.05, 0.1) is 0 Å². The van der Waals surface area contributed by atoms with Crippen molar-refractivity contribution in [2.24, 2.45) is 0 Å². The Balaban J connectivity index is 2.80. The number of likely N-dealkylation sites (N-methyl/N-ethyl adjacent to an activating group) is 1. The van der Waals surface area contributed by atoms with E-state index in [1.807, 2.05) is 13.1 Å². The van der Waals surface area contributed by atoms with Crippen LogP contribution in [0.25, 0.3) is 0 Å². The predicted octanol–water partition coefficient (Wildman–Crippen LogP) is 1.42. The second-order valence-corrected chi connectivity index (χ2v) is 5.30. The Morgan fingerprint density at radius 2 is 1.89 bits per heavy atom. The summed E-state index contributed by atoms with van der Waals surface area (Å²) in [6.07, 6.45) is 0. The average Bonchev–Trinajstić information content (AvgIpc) is 2.36. The number of methoxy groups -OCH3 is 1. The molecule has 0 bridgehead atoms. The zero-order valence-corrected chi connectivity index (χ0v) is 12.7. The van der Waals surface area contributed by atoms with Crippen LogP contribution in [-0.4, -0.2) is 55.2 Å². The summed E-state index contributed by atoms with van der Waals surface area (Å²) in [5.74, 6) is 2.26. The van der Waals surface area contributed by atoms with Gasteiger partial charge in [0.2, 0.25) is 0 Å². The molecule has 1 heterocycles. The summed E-state index contributed by atoms with van der Waals surface area (Å²) in [7, 11) is 7.61. The lowest BCUT2D eigenvalue weighted by molar-refractivity contribution is 0.178. The highest BCUT2D eigenvalue weighted by atomic mass is 16.5. The number of nitrogens with zero attached hydrogens (tertiary/aromatic N) is 3. The molecule has 1 aromatic heterocycles. The third-order valence-electron chi connectivity index (χ3n) is 3.21. The molecule has 1 rings (SSSR count). The molecule has 0 spiro atoms. The first kappa shape index (κ1) is 15.7. The molecular weight excluding hydrogens is 242 g/mol. The van der Waals surface area contributed by atoms with Gasteiger partial charge in [0.25, 0.3) is 0 Å². The zero-order chi connectivity index (χ0) is 14.5. The maximum Gasteiger partial charge on any atom is 0.158 e. The van der Waals surface area contributed by atoms with Gasteiger partial charge in [-0.2, -0.15) is 0 Å². The summed E-state index contributed by atoms with van der Waals surface area (Å²) >= 11 is 0. The molecule has 0 aliphatic heterocycles. The van der Waals surface area contributed by atoms with E-state index in [4.69, 9.17) is 4.74 Å². The lowest BCUT2D eigenvalue weighted by Crippen LogP contribution is -2.44. The fourth-order valence-corrected chi connectivity index (χ4v) is 1.37. The summed E-state index contributed by atoms with van der Waals surface area (Å²) < 4.78 is 5.08. The van der Waals surface area contributed by atoms with E-state index in [0.29, 0.717) is 12.4 Å². The van der Waals surface area contributed by atoms with Gasteiger partial charge in [-0.3, -0.25) is 0 Å². The molecule has 2 N–H and O–H groups in total. The normalized spacial score (nSPS) is 11.7. The van der Waals surface area contributed by atoms with Crippen molar-refractivity contribution >= 4 is 11.6 Å². The van der Waals surface area contributed by atoms with Crippen molar-refractivity contribution in [2.45, 2.75) is 26.0 Å². The molecule has 0 aromatic carbocycles. The Morgan fingerprint density at radius 3 is 2.42 bits per heavy atom. The molecule has 0 aliphatic rings. The molecule has 0 radical (unpaired) electrons. The van der Waals surface area contributed by atoms with Gasteiger partial charge in [-0.25, -0.2) is 9.97 Å². The summed E-state index contributed by atoms with van der Waals surface area (Å²) in [6, 6.07) is 1.89. The van der Waals surface area contributed by atoms with E-state index in [1.54, 1.807) is 7.11 Å². The van der Waals surface area contributed by atoms with Gasteiger partial charge in [-0.05, 0) is 27.9 Å². The van der Waals surface area contributed by atoms with E-state index in [2.05, 4.69) is 53.4 Å². The van der Waals surface area contributed by atoms with Crippen LogP contribution in [0.2, 0.25) is 0 Å². The quantitative estimate of drug-likeness (QED) is 0.779. The zero-order valence-electron chi connectivity index (χ0n) is 12.7. The number of aromatic nitrogens is 2. The third kappa shape index (κ3) is 4.65. The van der Waals surface area contributed by atoms with Crippen LogP contribution >= 0.6 is 0 Å². The molecule has 6 nitrogen and oxygen atoms in total. The minimum absolute atomic E-state index is 0.0478. The molecule has 1 aromatic rings. The van der Waals surface area contributed by atoms with Crippen LogP contribution in [0.4, 0.5) is 11.6 Å². The van der Waals surface area contributed by atoms with E-state index in [-0.39, 0.29) is 5.54 Å². The molecule has 0 fully saturated rings. The molecule has 0 atom stereocenters. The van der Waals surface area contributed by atoms with Gasteiger partial charge in [0.15, 0.2) is 5.82 Å². The minimum Gasteiger partial charge on any atom is -0.377 e. The molecule has 0 amide bonds. The first-order valence-corrected chi connectivity index (χ1v) is 6.35. The second-order valence-electron chi connectivity index (χ2n) is 5.30. The molecule has 108 valence electrons. The van der Waals surface area contributed by atoms with Crippen LogP contribution in [0, 0.1) is 0 Å². The van der Waals surface area contributed by atoms with Crippen LogP contribution in [0.5, 0.6) is 0 Å². The maximum atomic E-state index is 5.08. The summed E-state index contributed by atoms with van der Waals surface area (Å²) in [5, 5.41) is 6.38. The first-order chi connectivity index (χ1) is 8.89. The molecule has 0 saturated heterocycles. The van der Waals surface area contributed by atoms with Crippen LogP contribution in [0.3, 0.4) is 0 Å². The van der Waals surface area contributed by atoms with E-state index in [0.717, 1.165) is 18.2 Å². The van der Waals surface area contributed by atoms with Crippen molar-refractivity contribution in [3.8, 4) is 0 Å². The fraction of sp³-hybridized carbons (Fsp3) is 0.692. The van der Waals surface area contributed by atoms with E-state index in [1.165, 1.54) is 0 Å². The average molecular weight is 267 g/mol. The van der Waals surface area contributed by atoms with Crippen molar-refractivity contribution in [1.29, 1.82) is 0 Å². The van der Waals surface area contributed by atoms with Gasteiger partial charge in [0, 0.05) is 32.3 Å². The topological polar surface area (TPSA) is 62.3 Å². The highest BCUT2D eigenvalue weighted by Crippen LogP contribution is 2.15. The highest BCUT2D eigenvalue weighted by molar-refractivity contribution is 5.47. The molecule has 6 heteroatoms. The number of hydrogen-bond donors (Lipinski definition) is 2. The Kier molecular flexibility index (Phi) is 5.50. The number of anilines is 2. The molecular formula is C13H25N5O. The van der Waals surface area contributed by atoms with E-state index in [9.17, 15) is 0 Å². The minimum atomic E-state index is 0.0478. The molecule has 0 aliphatic carbocycles. The summed E-state index contributed by atoms with van der Waals surface area (Å²) in [6.45, 7) is 5.56. The van der Waals surface area contributed by atoms with Crippen molar-refractivity contribution in [3.05, 3.63) is 11.9 Å². The van der Waals surface area contributed by atoms with Crippen LogP contribution in [-0.2, 0) is 11.3 Å². The second kappa shape index (κ2) is 6.68. The molecule has 0 saturated carbocycles. The summed E-state index contributed by atoms with van der Waals surface area (Å²) in [5.41, 5.74) is 0.0478. The van der Waals surface area contributed by atoms with Crippen LogP contribution in [0.1, 0.15) is 19.7 Å². The third-order valence-corrected chi connectivity index (χ3v) is 3.21. The van der Waals surface area contributed by atoms with Crippen molar-refractivity contribution in [3.63, 3.8) is 0 Å². The van der Waals surface area contributed by atoms with Gasteiger partial charge in [-0.15, -0.1) is 0 Å². The molecule has 19 heavy (non-hydrogen) atoms. The van der Waals surface area contributed by atoms with Gasteiger partial charge in [-0.1, -0.05) is 0 Å². The Labute approximate surface area is 115 Å². The maximum absolute atomic E-state index is 5.08. The SMILES string of the molecule is CNc1cc(NCC(C)(C)N(C)C)nc(COC)n1. The van der Waals surface area contributed by atoms with Crippen LogP contribution < -0.4 is 10.6 Å². The monoisotopic (exact) mass is 267 g/mol. The number of hydrogen-bond acceptors (Lipinski definition) is 6. The summed E-state index contributed by atoms with van der Waals surface area (Å²) in [4.78, 5) is 10.9. The predicted molar refractivity (Wildman–Crippen MR) is 78.5 cm³/mol. The van der Waals surface area contributed by atoms with Gasteiger partial charge < -0.3 is 20.3 Å². The highest BCUT2D eigenvalue weighted by Gasteiger charge is 2.20. The lowest BCUT2D eigenvalue weighted by Gasteiger charge is -2.32. The standard InChI is InChI=1S/C13H25N5O/c1-13(2,18(4)5)9-15-11-7-10(14-3)16-12(17-11)8-19-6/h7H,8-9H2,1-6H3,(H2,14,15,16,17). The first-order valence-electron chi connectivity index (χ1n) is 6.35. The number of rotatable bonds is 7. The van der Waals surface area contributed by atoms with Gasteiger partial charge >= 0.3 is 0 Å². The van der Waals surface area contributed by atoms with E-state index < -0.39 is 0 Å². The lowest BCUT2D eigenvalue weighted by atomic mass is 10.0. The smallest absolute Gasteiger partial charge is 0.158 e. The Morgan fingerprint density at radius 1 is 1.26 bits per heavy atom. The van der Waals surface area contributed by atoms with Crippen molar-refractivity contribution in [1.82, 2.24) is 14.9 Å². The Bertz CT molecular complexity index is 406. The largest absolute Gasteiger partial charge is 0.377 e. The number of ether oxygens (including phenoxy) is 1. The van der Waals surface area contributed by atoms with Crippen LogP contribution in [0.15, 0.2) is 6.07 Å². The Hall–Kier alpha value is -1.40. The van der Waals surface area contributed by atoms with E-state index >= 15 is 0 Å². The van der Waals surface area contributed by atoms with Crippen molar-refractivity contribution in [2.75, 3.05) is 45.4 Å². The van der Waals surface area contributed by atoms with Crippen molar-refractivity contribution < 1.29 is 4.74 Å².